The molecule has 1 fully saturated rings. The summed E-state index contributed by atoms with van der Waals surface area (Å²) in [5.41, 5.74) is 1.44. The van der Waals surface area contributed by atoms with Crippen LogP contribution in [0.5, 0.6) is 5.75 Å². The van der Waals surface area contributed by atoms with E-state index in [9.17, 15) is 4.79 Å². The zero-order chi connectivity index (χ0) is 24.4. The molecular weight excluding hydrogens is 460 g/mol. The standard InChI is InChI=1S/C26H32N6O2S/c1-17(2)24(25-28-29-30-32(25)20-7-4-5-8-20)31(16-22-9-6-12-35-22)15-19-13-18-14-21(34-3)10-11-23(18)27-26(19)33/h6,9-14,17,20,24H,4-5,7-8,15-16H2,1-3H3,(H,27,33)/t24-/m1/s1. The Morgan fingerprint density at radius 2 is 2.03 bits per heavy atom. The van der Waals surface area contributed by atoms with E-state index in [1.54, 1.807) is 18.4 Å². The molecule has 0 saturated heterocycles. The van der Waals surface area contributed by atoms with Crippen LogP contribution in [0.15, 0.2) is 46.6 Å². The number of aromatic amines is 1. The van der Waals surface area contributed by atoms with Crippen LogP contribution in [0, 0.1) is 5.92 Å². The van der Waals surface area contributed by atoms with E-state index in [2.05, 4.69) is 61.5 Å². The molecule has 4 aromatic rings. The van der Waals surface area contributed by atoms with Gasteiger partial charge in [-0.25, -0.2) is 4.68 Å². The number of hydrogen-bond acceptors (Lipinski definition) is 7. The van der Waals surface area contributed by atoms with Crippen molar-refractivity contribution in [1.29, 1.82) is 0 Å². The van der Waals surface area contributed by atoms with Crippen molar-refractivity contribution in [2.24, 2.45) is 5.92 Å². The number of pyridine rings is 1. The second kappa shape index (κ2) is 10.3. The molecule has 0 amide bonds. The van der Waals surface area contributed by atoms with Crippen LogP contribution in [0.4, 0.5) is 0 Å². The predicted octanol–water partition coefficient (Wildman–Crippen LogP) is 5.10. The van der Waals surface area contributed by atoms with Gasteiger partial charge in [0.2, 0.25) is 0 Å². The highest BCUT2D eigenvalue weighted by Crippen LogP contribution is 2.35. The van der Waals surface area contributed by atoms with E-state index >= 15 is 0 Å². The normalized spacial score (nSPS) is 15.5. The molecule has 0 spiro atoms. The zero-order valence-corrected chi connectivity index (χ0v) is 21.3. The maximum absolute atomic E-state index is 13.1. The number of aromatic nitrogens is 5. The Bertz CT molecular complexity index is 1320. The quantitative estimate of drug-likeness (QED) is 0.350. The molecule has 9 heteroatoms. The molecular formula is C26H32N6O2S. The van der Waals surface area contributed by atoms with Crippen molar-refractivity contribution in [2.75, 3.05) is 7.11 Å². The monoisotopic (exact) mass is 492 g/mol. The molecule has 8 nitrogen and oxygen atoms in total. The van der Waals surface area contributed by atoms with Gasteiger partial charge >= 0.3 is 0 Å². The lowest BCUT2D eigenvalue weighted by molar-refractivity contribution is 0.124. The van der Waals surface area contributed by atoms with Gasteiger partial charge in [-0.1, -0.05) is 32.8 Å². The van der Waals surface area contributed by atoms with Gasteiger partial charge < -0.3 is 9.72 Å². The Hall–Kier alpha value is -3.04. The highest BCUT2D eigenvalue weighted by Gasteiger charge is 2.32. The van der Waals surface area contributed by atoms with E-state index in [0.29, 0.717) is 24.7 Å². The largest absolute Gasteiger partial charge is 0.497 e. The molecule has 1 aliphatic carbocycles. The maximum Gasteiger partial charge on any atom is 0.252 e. The number of H-pyrrole nitrogens is 1. The first-order chi connectivity index (χ1) is 17.0. The van der Waals surface area contributed by atoms with Crippen molar-refractivity contribution in [2.45, 2.75) is 64.7 Å². The molecule has 1 aliphatic rings. The van der Waals surface area contributed by atoms with E-state index in [-0.39, 0.29) is 17.5 Å². The molecule has 5 rings (SSSR count). The molecule has 184 valence electrons. The number of nitrogens with zero attached hydrogens (tertiary/aromatic N) is 5. The molecule has 0 radical (unpaired) electrons. The second-order valence-corrected chi connectivity index (χ2v) is 10.7. The minimum Gasteiger partial charge on any atom is -0.497 e. The number of rotatable bonds is 9. The number of thiophene rings is 1. The number of tetrazole rings is 1. The molecule has 35 heavy (non-hydrogen) atoms. The van der Waals surface area contributed by atoms with E-state index in [0.717, 1.165) is 35.3 Å². The van der Waals surface area contributed by atoms with Crippen molar-refractivity contribution in [3.05, 3.63) is 68.4 Å². The van der Waals surface area contributed by atoms with Crippen LogP contribution < -0.4 is 10.3 Å². The topological polar surface area (TPSA) is 88.9 Å². The number of nitrogens with one attached hydrogen (secondary N) is 1. The van der Waals surface area contributed by atoms with E-state index in [1.165, 1.54) is 17.7 Å². The molecule has 3 heterocycles. The molecule has 1 atom stereocenters. The molecule has 1 saturated carbocycles. The summed E-state index contributed by atoms with van der Waals surface area (Å²) in [6.45, 7) is 5.61. The Morgan fingerprint density at radius 3 is 2.74 bits per heavy atom. The average molecular weight is 493 g/mol. The molecule has 1 aromatic carbocycles. The van der Waals surface area contributed by atoms with Gasteiger partial charge in [0.15, 0.2) is 5.82 Å². The fourth-order valence-corrected chi connectivity index (χ4v) is 5.97. The van der Waals surface area contributed by atoms with Crippen LogP contribution in [-0.4, -0.2) is 37.2 Å². The van der Waals surface area contributed by atoms with Crippen molar-refractivity contribution in [3.8, 4) is 5.75 Å². The first-order valence-corrected chi connectivity index (χ1v) is 13.2. The third kappa shape index (κ3) is 5.01. The van der Waals surface area contributed by atoms with Gasteiger partial charge in [-0.3, -0.25) is 9.69 Å². The molecule has 0 unspecified atom stereocenters. The Morgan fingerprint density at radius 1 is 1.20 bits per heavy atom. The highest BCUT2D eigenvalue weighted by molar-refractivity contribution is 7.09. The van der Waals surface area contributed by atoms with Gasteiger partial charge in [-0.05, 0) is 64.9 Å². The third-order valence-electron chi connectivity index (χ3n) is 6.92. The van der Waals surface area contributed by atoms with Gasteiger partial charge in [0.05, 0.1) is 19.2 Å². The zero-order valence-electron chi connectivity index (χ0n) is 20.5. The number of fused-ring (bicyclic) bond motifs is 1. The van der Waals surface area contributed by atoms with Gasteiger partial charge in [0, 0.05) is 34.4 Å². The van der Waals surface area contributed by atoms with Crippen LogP contribution in [0.1, 0.15) is 67.9 Å². The Kier molecular flexibility index (Phi) is 6.97. The van der Waals surface area contributed by atoms with Crippen molar-refractivity contribution >= 4 is 22.2 Å². The first kappa shape index (κ1) is 23.7. The Labute approximate surface area is 208 Å². The van der Waals surface area contributed by atoms with Crippen molar-refractivity contribution < 1.29 is 4.74 Å². The van der Waals surface area contributed by atoms with E-state index in [4.69, 9.17) is 4.74 Å². The van der Waals surface area contributed by atoms with Gasteiger partial charge in [-0.2, -0.15) is 0 Å². The average Bonchev–Trinajstić information content (AvgIpc) is 3.62. The van der Waals surface area contributed by atoms with Crippen LogP contribution >= 0.6 is 11.3 Å². The minimum atomic E-state index is -0.0725. The van der Waals surface area contributed by atoms with Gasteiger partial charge in [0.25, 0.3) is 5.56 Å². The van der Waals surface area contributed by atoms with Crippen molar-refractivity contribution in [1.82, 2.24) is 30.1 Å². The predicted molar refractivity (Wildman–Crippen MR) is 138 cm³/mol. The number of ether oxygens (including phenoxy) is 1. The van der Waals surface area contributed by atoms with Crippen LogP contribution in [-0.2, 0) is 13.1 Å². The van der Waals surface area contributed by atoms with Crippen LogP contribution in [0.3, 0.4) is 0 Å². The molecule has 0 aliphatic heterocycles. The first-order valence-electron chi connectivity index (χ1n) is 12.3. The summed E-state index contributed by atoms with van der Waals surface area (Å²) in [6, 6.07) is 12.2. The van der Waals surface area contributed by atoms with E-state index < -0.39 is 0 Å². The number of benzene rings is 1. The van der Waals surface area contributed by atoms with E-state index in [1.807, 2.05) is 24.3 Å². The number of methoxy groups -OCH3 is 1. The summed E-state index contributed by atoms with van der Waals surface area (Å²) in [6.07, 6.45) is 4.65. The van der Waals surface area contributed by atoms with Crippen LogP contribution in [0.2, 0.25) is 0 Å². The highest BCUT2D eigenvalue weighted by atomic mass is 32.1. The minimum absolute atomic E-state index is 0.0342. The van der Waals surface area contributed by atoms with Gasteiger partial charge in [0.1, 0.15) is 5.75 Å². The second-order valence-electron chi connectivity index (χ2n) is 9.67. The molecule has 3 aromatic heterocycles. The molecule has 1 N–H and O–H groups in total. The lowest BCUT2D eigenvalue weighted by Gasteiger charge is -2.33. The SMILES string of the molecule is COc1ccc2[nH]c(=O)c(CN(Cc3cccs3)[C@@H](c3nnnn3C3CCCC3)C(C)C)cc2c1. The fourth-order valence-electron chi connectivity index (χ4n) is 5.24. The Balaban J connectivity index is 1.55. The number of hydrogen-bond donors (Lipinski definition) is 1. The summed E-state index contributed by atoms with van der Waals surface area (Å²) < 4.78 is 7.45. The maximum atomic E-state index is 13.1. The third-order valence-corrected chi connectivity index (χ3v) is 7.78. The van der Waals surface area contributed by atoms with Crippen molar-refractivity contribution in [3.63, 3.8) is 0 Å². The smallest absolute Gasteiger partial charge is 0.252 e. The summed E-state index contributed by atoms with van der Waals surface area (Å²) >= 11 is 1.73. The summed E-state index contributed by atoms with van der Waals surface area (Å²) in [4.78, 5) is 19.8. The lowest BCUT2D eigenvalue weighted by atomic mass is 9.99. The summed E-state index contributed by atoms with van der Waals surface area (Å²) in [5, 5.41) is 16.1. The lowest BCUT2D eigenvalue weighted by Crippen LogP contribution is -2.35. The summed E-state index contributed by atoms with van der Waals surface area (Å²) in [7, 11) is 1.65. The summed E-state index contributed by atoms with van der Waals surface area (Å²) in [5.74, 6) is 1.91. The van der Waals surface area contributed by atoms with Gasteiger partial charge in [-0.15, -0.1) is 16.4 Å². The fraction of sp³-hybridized carbons (Fsp3) is 0.462. The molecule has 0 bridgehead atoms. The van der Waals surface area contributed by atoms with Crippen LogP contribution in [0.25, 0.3) is 10.9 Å².